The van der Waals surface area contributed by atoms with Crippen LogP contribution < -0.4 is 5.32 Å². The molecule has 8 heteroatoms. The van der Waals surface area contributed by atoms with E-state index in [1.165, 1.54) is 30.5 Å². The molecule has 2 aromatic carbocycles. The quantitative estimate of drug-likeness (QED) is 0.580. The highest BCUT2D eigenvalue weighted by molar-refractivity contribution is 6.33. The van der Waals surface area contributed by atoms with Crippen LogP contribution in [0.25, 0.3) is 11.3 Å². The lowest BCUT2D eigenvalue weighted by molar-refractivity contribution is -0.137. The van der Waals surface area contributed by atoms with E-state index in [-0.39, 0.29) is 34.0 Å². The normalized spacial score (nSPS) is 11.3. The van der Waals surface area contributed by atoms with Gasteiger partial charge in [0.15, 0.2) is 0 Å². The monoisotopic (exact) mass is 408 g/mol. The van der Waals surface area contributed by atoms with Crippen LogP contribution in [0.2, 0.25) is 5.02 Å². The fourth-order valence-corrected chi connectivity index (χ4v) is 2.80. The summed E-state index contributed by atoms with van der Waals surface area (Å²) in [5, 5.41) is 2.74. The van der Waals surface area contributed by atoms with Crippen molar-refractivity contribution in [2.75, 3.05) is 0 Å². The molecular formula is C20H13ClF4N2O. The number of alkyl halides is 3. The van der Waals surface area contributed by atoms with Gasteiger partial charge in [-0.25, -0.2) is 4.39 Å². The third kappa shape index (κ3) is 4.48. The Bertz CT molecular complexity index is 1020. The van der Waals surface area contributed by atoms with Crippen LogP contribution in [0.15, 0.2) is 60.8 Å². The molecule has 0 atom stereocenters. The number of aromatic nitrogens is 1. The third-order valence-corrected chi connectivity index (χ3v) is 4.26. The number of amides is 1. The Labute approximate surface area is 163 Å². The summed E-state index contributed by atoms with van der Waals surface area (Å²) in [7, 11) is 0. The molecule has 0 aliphatic rings. The smallest absolute Gasteiger partial charge is 0.348 e. The first kappa shape index (κ1) is 19.8. The van der Waals surface area contributed by atoms with Crippen molar-refractivity contribution in [3.8, 4) is 11.3 Å². The molecule has 28 heavy (non-hydrogen) atoms. The minimum atomic E-state index is -4.47. The number of nitrogens with one attached hydrogen (secondary N) is 1. The average Bonchev–Trinajstić information content (AvgIpc) is 2.66. The largest absolute Gasteiger partial charge is 0.416 e. The molecule has 3 aromatic rings. The second-order valence-electron chi connectivity index (χ2n) is 5.91. The summed E-state index contributed by atoms with van der Waals surface area (Å²) in [4.78, 5) is 16.2. The van der Waals surface area contributed by atoms with Crippen molar-refractivity contribution in [1.29, 1.82) is 0 Å². The van der Waals surface area contributed by atoms with Crippen LogP contribution in [0.5, 0.6) is 0 Å². The molecule has 0 saturated carbocycles. The predicted molar refractivity (Wildman–Crippen MR) is 97.3 cm³/mol. The minimum absolute atomic E-state index is 0.0280. The molecule has 0 fully saturated rings. The number of carbonyl (C=O) groups is 1. The standard InChI is InChI=1S/C20H13ClF4N2O/c21-16-5-2-8-26-18(16)15-7-6-13(10-17(15)22)19(28)27-11-12-3-1-4-14(9-12)20(23,24)25/h1-10H,11H2,(H,27,28). The first-order valence-corrected chi connectivity index (χ1v) is 8.48. The Kier molecular flexibility index (Phi) is 5.65. The van der Waals surface area contributed by atoms with Crippen molar-refractivity contribution >= 4 is 17.5 Å². The average molecular weight is 409 g/mol. The van der Waals surface area contributed by atoms with E-state index in [1.807, 2.05) is 0 Å². The van der Waals surface area contributed by atoms with E-state index in [4.69, 9.17) is 11.6 Å². The highest BCUT2D eigenvalue weighted by Crippen LogP contribution is 2.30. The molecule has 3 rings (SSSR count). The molecule has 0 aliphatic heterocycles. The van der Waals surface area contributed by atoms with Gasteiger partial charge in [0.2, 0.25) is 0 Å². The molecule has 1 aromatic heterocycles. The van der Waals surface area contributed by atoms with Crippen LogP contribution in [0.4, 0.5) is 17.6 Å². The number of hydrogen-bond acceptors (Lipinski definition) is 2. The van der Waals surface area contributed by atoms with E-state index < -0.39 is 23.5 Å². The van der Waals surface area contributed by atoms with Crippen molar-refractivity contribution in [1.82, 2.24) is 10.3 Å². The number of hydrogen-bond donors (Lipinski definition) is 1. The summed E-state index contributed by atoms with van der Waals surface area (Å²) in [6.07, 6.45) is -3.00. The van der Waals surface area contributed by atoms with Gasteiger partial charge in [0.1, 0.15) is 5.82 Å². The van der Waals surface area contributed by atoms with Gasteiger partial charge in [-0.2, -0.15) is 13.2 Å². The topological polar surface area (TPSA) is 42.0 Å². The maximum Gasteiger partial charge on any atom is 0.416 e. The second-order valence-corrected chi connectivity index (χ2v) is 6.32. The maximum absolute atomic E-state index is 14.4. The fourth-order valence-electron chi connectivity index (χ4n) is 2.57. The van der Waals surface area contributed by atoms with Gasteiger partial charge < -0.3 is 5.32 Å². The zero-order valence-corrected chi connectivity index (χ0v) is 15.0. The number of rotatable bonds is 4. The van der Waals surface area contributed by atoms with Gasteiger partial charge in [0.05, 0.1) is 16.3 Å². The van der Waals surface area contributed by atoms with Crippen molar-refractivity contribution in [3.05, 3.63) is 88.3 Å². The van der Waals surface area contributed by atoms with Gasteiger partial charge in [-0.05, 0) is 48.0 Å². The highest BCUT2D eigenvalue weighted by Gasteiger charge is 2.30. The van der Waals surface area contributed by atoms with Crippen molar-refractivity contribution in [2.24, 2.45) is 0 Å². The van der Waals surface area contributed by atoms with E-state index >= 15 is 0 Å². The van der Waals surface area contributed by atoms with Gasteiger partial charge in [-0.1, -0.05) is 23.7 Å². The SMILES string of the molecule is O=C(NCc1cccc(C(F)(F)F)c1)c1ccc(-c2ncccc2Cl)c(F)c1. The molecular weight excluding hydrogens is 396 g/mol. The summed E-state index contributed by atoms with van der Waals surface area (Å²) in [6.45, 7) is -0.127. The minimum Gasteiger partial charge on any atom is -0.348 e. The molecule has 1 heterocycles. The lowest BCUT2D eigenvalue weighted by Crippen LogP contribution is -2.23. The Morgan fingerprint density at radius 2 is 1.86 bits per heavy atom. The predicted octanol–water partition coefficient (Wildman–Crippen LogP) is 5.49. The summed E-state index contributed by atoms with van der Waals surface area (Å²) in [5.74, 6) is -1.30. The first-order valence-electron chi connectivity index (χ1n) is 8.10. The maximum atomic E-state index is 14.4. The van der Waals surface area contributed by atoms with E-state index in [9.17, 15) is 22.4 Å². The lowest BCUT2D eigenvalue weighted by atomic mass is 10.1. The Hall–Kier alpha value is -2.93. The van der Waals surface area contributed by atoms with E-state index in [0.29, 0.717) is 0 Å². The Morgan fingerprint density at radius 3 is 2.54 bits per heavy atom. The summed E-state index contributed by atoms with van der Waals surface area (Å²) in [5.41, 5.74) is -0.111. The van der Waals surface area contributed by atoms with Crippen LogP contribution in [0, 0.1) is 5.82 Å². The summed E-state index contributed by atoms with van der Waals surface area (Å²) < 4.78 is 52.6. The molecule has 144 valence electrons. The fraction of sp³-hybridized carbons (Fsp3) is 0.100. The summed E-state index contributed by atoms with van der Waals surface area (Å²) >= 11 is 6.01. The van der Waals surface area contributed by atoms with E-state index in [2.05, 4.69) is 10.3 Å². The number of carbonyl (C=O) groups excluding carboxylic acids is 1. The van der Waals surface area contributed by atoms with E-state index in [1.54, 1.807) is 12.1 Å². The van der Waals surface area contributed by atoms with Crippen LogP contribution >= 0.6 is 11.6 Å². The van der Waals surface area contributed by atoms with Gasteiger partial charge in [-0.3, -0.25) is 9.78 Å². The number of nitrogens with zero attached hydrogens (tertiary/aromatic N) is 1. The van der Waals surface area contributed by atoms with Gasteiger partial charge in [0.25, 0.3) is 5.91 Å². The molecule has 3 nitrogen and oxygen atoms in total. The zero-order valence-electron chi connectivity index (χ0n) is 14.2. The second kappa shape index (κ2) is 7.98. The molecule has 0 saturated heterocycles. The molecule has 0 unspecified atom stereocenters. The number of benzene rings is 2. The number of pyridine rings is 1. The van der Waals surface area contributed by atoms with Crippen LogP contribution in [0.3, 0.4) is 0 Å². The van der Waals surface area contributed by atoms with Crippen LogP contribution in [-0.4, -0.2) is 10.9 Å². The van der Waals surface area contributed by atoms with Crippen molar-refractivity contribution in [3.63, 3.8) is 0 Å². The lowest BCUT2D eigenvalue weighted by Gasteiger charge is -2.10. The molecule has 1 N–H and O–H groups in total. The molecule has 0 aliphatic carbocycles. The Morgan fingerprint density at radius 1 is 1.07 bits per heavy atom. The van der Waals surface area contributed by atoms with Crippen LogP contribution in [0.1, 0.15) is 21.5 Å². The molecule has 0 bridgehead atoms. The van der Waals surface area contributed by atoms with Crippen molar-refractivity contribution in [2.45, 2.75) is 12.7 Å². The zero-order chi connectivity index (χ0) is 20.3. The van der Waals surface area contributed by atoms with Gasteiger partial charge in [-0.15, -0.1) is 0 Å². The third-order valence-electron chi connectivity index (χ3n) is 3.95. The van der Waals surface area contributed by atoms with Crippen molar-refractivity contribution < 1.29 is 22.4 Å². The number of halogens is 5. The highest BCUT2D eigenvalue weighted by atomic mass is 35.5. The molecule has 1 amide bonds. The first-order chi connectivity index (χ1) is 13.3. The van der Waals surface area contributed by atoms with E-state index in [0.717, 1.165) is 18.2 Å². The molecule has 0 radical (unpaired) electrons. The van der Waals surface area contributed by atoms with Gasteiger partial charge in [0, 0.05) is 23.9 Å². The Balaban J connectivity index is 1.74. The van der Waals surface area contributed by atoms with Crippen LogP contribution in [-0.2, 0) is 12.7 Å². The summed E-state index contributed by atoms with van der Waals surface area (Å²) in [6, 6.07) is 11.6. The molecule has 0 spiro atoms. The van der Waals surface area contributed by atoms with Gasteiger partial charge >= 0.3 is 6.18 Å².